The number of phenols is 1. The van der Waals surface area contributed by atoms with Gasteiger partial charge in [0.2, 0.25) is 5.78 Å². The van der Waals surface area contributed by atoms with Crippen LogP contribution in [0.25, 0.3) is 5.76 Å². The van der Waals surface area contributed by atoms with Crippen LogP contribution in [-0.2, 0) is 27.3 Å². The summed E-state index contributed by atoms with van der Waals surface area (Å²) in [6.45, 7) is 5.77. The zero-order valence-corrected chi connectivity index (χ0v) is 24.8. The number of hydrogen-bond donors (Lipinski definition) is 5. The second kappa shape index (κ2) is 10.7. The number of benzene rings is 1. The molecular formula is C31H41N3O8. The molecule has 2 saturated carbocycles. The summed E-state index contributed by atoms with van der Waals surface area (Å²) in [6.07, 6.45) is 3.57. The van der Waals surface area contributed by atoms with E-state index >= 15 is 0 Å². The fourth-order valence-electron chi connectivity index (χ4n) is 7.24. The zero-order valence-electron chi connectivity index (χ0n) is 24.8. The monoisotopic (exact) mass is 583 g/mol. The summed E-state index contributed by atoms with van der Waals surface area (Å²) in [6, 6.07) is 0.724. The molecule has 11 heteroatoms. The maximum Gasteiger partial charge on any atom is 0.255 e. The van der Waals surface area contributed by atoms with Crippen LogP contribution in [0.4, 0.5) is 0 Å². The number of likely N-dealkylation sites (N-methyl/N-ethyl adjacent to an activating group) is 1. The smallest absolute Gasteiger partial charge is 0.255 e. The Morgan fingerprint density at radius 1 is 1.21 bits per heavy atom. The van der Waals surface area contributed by atoms with Crippen molar-refractivity contribution in [2.45, 2.75) is 70.2 Å². The summed E-state index contributed by atoms with van der Waals surface area (Å²) < 4.78 is 5.88. The van der Waals surface area contributed by atoms with Crippen LogP contribution < -0.4 is 10.5 Å². The molecule has 0 heterocycles. The third-order valence-electron chi connectivity index (χ3n) is 9.73. The summed E-state index contributed by atoms with van der Waals surface area (Å²) in [5, 5.41) is 45.5. The zero-order chi connectivity index (χ0) is 30.8. The average Bonchev–Trinajstić information content (AvgIpc) is 3.73. The first-order valence-electron chi connectivity index (χ1n) is 14.6. The van der Waals surface area contributed by atoms with E-state index < -0.39 is 58.0 Å². The van der Waals surface area contributed by atoms with Gasteiger partial charge in [0.1, 0.15) is 28.6 Å². The number of nitrogens with zero attached hydrogens (tertiary/aromatic N) is 2. The molecule has 5 atom stereocenters. The molecule has 6 N–H and O–H groups in total. The quantitative estimate of drug-likeness (QED) is 0.271. The van der Waals surface area contributed by atoms with E-state index in [0.717, 1.165) is 18.5 Å². The normalized spacial score (nSPS) is 28.1. The average molecular weight is 584 g/mol. The molecule has 2 fully saturated rings. The first kappa shape index (κ1) is 30.1. The molecular weight excluding hydrogens is 542 g/mol. The number of ketones is 2. The molecule has 1 amide bonds. The van der Waals surface area contributed by atoms with Crippen LogP contribution in [0.2, 0.25) is 0 Å². The van der Waals surface area contributed by atoms with Crippen LogP contribution in [0.5, 0.6) is 11.5 Å². The van der Waals surface area contributed by atoms with Gasteiger partial charge in [0.15, 0.2) is 11.4 Å². The van der Waals surface area contributed by atoms with E-state index in [1.807, 2.05) is 0 Å². The minimum absolute atomic E-state index is 0.0284. The summed E-state index contributed by atoms with van der Waals surface area (Å²) in [5.41, 5.74) is 3.04. The number of aliphatic hydroxyl groups is 3. The van der Waals surface area contributed by atoms with Crippen molar-refractivity contribution in [3.8, 4) is 11.5 Å². The van der Waals surface area contributed by atoms with Gasteiger partial charge >= 0.3 is 0 Å². The van der Waals surface area contributed by atoms with E-state index in [0.29, 0.717) is 29.8 Å². The molecule has 42 heavy (non-hydrogen) atoms. The highest BCUT2D eigenvalue weighted by molar-refractivity contribution is 6.24. The van der Waals surface area contributed by atoms with E-state index in [9.17, 15) is 34.8 Å². The fourth-order valence-corrected chi connectivity index (χ4v) is 7.24. The summed E-state index contributed by atoms with van der Waals surface area (Å²) in [5.74, 6) is -5.55. The van der Waals surface area contributed by atoms with Crippen LogP contribution >= 0.6 is 0 Å². The van der Waals surface area contributed by atoms with Crippen molar-refractivity contribution in [1.29, 1.82) is 0 Å². The SMILES string of the molecule is CCC(C)N(Cc1cc(O)c2c(c1OC)C[C@H]1C[C@H]3[C@H](N(C)C)C(=O)C(C(N)=O)=C(O)[C@@]3(O)C(=O)C1=C2O)CC1CC1. The lowest BCUT2D eigenvalue weighted by Crippen LogP contribution is -2.65. The molecule has 1 unspecified atom stereocenters. The highest BCUT2D eigenvalue weighted by Gasteiger charge is 2.64. The molecule has 0 aliphatic heterocycles. The highest BCUT2D eigenvalue weighted by atomic mass is 16.5. The van der Waals surface area contributed by atoms with Crippen LogP contribution in [0, 0.1) is 17.8 Å². The van der Waals surface area contributed by atoms with Crippen LogP contribution in [0.3, 0.4) is 0 Å². The van der Waals surface area contributed by atoms with E-state index in [-0.39, 0.29) is 29.7 Å². The molecule has 4 aliphatic rings. The first-order valence-corrected chi connectivity index (χ1v) is 14.6. The lowest BCUT2D eigenvalue weighted by molar-refractivity contribution is -0.153. The lowest BCUT2D eigenvalue weighted by atomic mass is 9.57. The molecule has 1 aromatic carbocycles. The standard InChI is InChI=1S/C31H41N3O8/c1-6-14(2)34(12-15-7-8-15)13-17-11-20(35)22-18(27(17)42-5)9-16-10-19-24(33(3)4)26(37)23(30(32)40)29(39)31(19,41)28(38)21(16)25(22)36/h11,14-16,19,24,35-36,39,41H,6-10,12-13H2,1-5H3,(H2,32,40)/t14?,16-,19-,24-,31-/m0/s1. The highest BCUT2D eigenvalue weighted by Crippen LogP contribution is 2.54. The second-order valence-electron chi connectivity index (χ2n) is 12.5. The Hall–Kier alpha value is -3.41. The molecule has 0 radical (unpaired) electrons. The third kappa shape index (κ3) is 4.49. The summed E-state index contributed by atoms with van der Waals surface area (Å²) in [7, 11) is 4.68. The van der Waals surface area contributed by atoms with Crippen molar-refractivity contribution in [2.24, 2.45) is 23.5 Å². The predicted octanol–water partition coefficient (Wildman–Crippen LogP) is 1.98. The third-order valence-corrected chi connectivity index (χ3v) is 9.73. The number of rotatable bonds is 9. The van der Waals surface area contributed by atoms with Crippen molar-refractivity contribution >= 4 is 23.2 Å². The topological polar surface area (TPSA) is 174 Å². The Bertz CT molecular complexity index is 1410. The number of amides is 1. The Labute approximate surface area is 245 Å². The predicted molar refractivity (Wildman–Crippen MR) is 154 cm³/mol. The number of ether oxygens (including phenoxy) is 1. The summed E-state index contributed by atoms with van der Waals surface area (Å²) in [4.78, 5) is 43.3. The van der Waals surface area contributed by atoms with Gasteiger partial charge in [0, 0.05) is 41.7 Å². The molecule has 0 bridgehead atoms. The lowest BCUT2D eigenvalue weighted by Gasteiger charge is -2.50. The number of fused-ring (bicyclic) bond motifs is 3. The maximum absolute atomic E-state index is 14.0. The van der Waals surface area contributed by atoms with Gasteiger partial charge in [-0.3, -0.25) is 24.2 Å². The summed E-state index contributed by atoms with van der Waals surface area (Å²) >= 11 is 0. The molecule has 1 aromatic rings. The minimum Gasteiger partial charge on any atom is -0.508 e. The number of aliphatic hydroxyl groups excluding tert-OH is 2. The molecule has 0 spiro atoms. The van der Waals surface area contributed by atoms with Crippen molar-refractivity contribution in [3.63, 3.8) is 0 Å². The Kier molecular flexibility index (Phi) is 7.66. The van der Waals surface area contributed by atoms with Crippen LogP contribution in [0.1, 0.15) is 56.2 Å². The van der Waals surface area contributed by atoms with Gasteiger partial charge in [0.05, 0.1) is 18.7 Å². The second-order valence-corrected chi connectivity index (χ2v) is 12.5. The Balaban J connectivity index is 1.64. The van der Waals surface area contributed by atoms with Gasteiger partial charge in [-0.15, -0.1) is 0 Å². The number of carbonyl (C=O) groups is 3. The van der Waals surface area contributed by atoms with Crippen molar-refractivity contribution in [3.05, 3.63) is 39.7 Å². The van der Waals surface area contributed by atoms with Gasteiger partial charge in [-0.1, -0.05) is 6.92 Å². The Morgan fingerprint density at radius 2 is 1.88 bits per heavy atom. The van der Waals surface area contributed by atoms with Gasteiger partial charge < -0.3 is 30.9 Å². The molecule has 0 aromatic heterocycles. The first-order chi connectivity index (χ1) is 19.8. The number of Topliss-reactive ketones (excluding diaryl/α,β-unsaturated/α-hetero) is 2. The molecule has 11 nitrogen and oxygen atoms in total. The number of phenolic OH excluding ortho intramolecular Hbond substituents is 1. The van der Waals surface area contributed by atoms with Crippen LogP contribution in [-0.4, -0.2) is 93.1 Å². The number of methoxy groups -OCH3 is 1. The number of aromatic hydroxyl groups is 1. The van der Waals surface area contributed by atoms with Crippen molar-refractivity contribution in [1.82, 2.24) is 9.80 Å². The molecule has 4 aliphatic carbocycles. The fraction of sp³-hybridized carbons (Fsp3) is 0.581. The number of nitrogens with two attached hydrogens (primary N) is 1. The van der Waals surface area contributed by atoms with Crippen molar-refractivity contribution < 1.29 is 39.5 Å². The Morgan fingerprint density at radius 3 is 2.43 bits per heavy atom. The van der Waals surface area contributed by atoms with E-state index in [4.69, 9.17) is 10.5 Å². The minimum atomic E-state index is -2.66. The van der Waals surface area contributed by atoms with E-state index in [1.165, 1.54) is 24.9 Å². The van der Waals surface area contributed by atoms with Crippen molar-refractivity contribution in [2.75, 3.05) is 27.7 Å². The number of hydrogen-bond acceptors (Lipinski definition) is 10. The van der Waals surface area contributed by atoms with E-state index in [1.54, 1.807) is 20.2 Å². The van der Waals surface area contributed by atoms with E-state index in [2.05, 4.69) is 18.7 Å². The van der Waals surface area contributed by atoms with Gasteiger partial charge in [0.25, 0.3) is 5.91 Å². The number of carbonyl (C=O) groups excluding carboxylic acids is 3. The van der Waals surface area contributed by atoms with Gasteiger partial charge in [-0.05, 0) is 71.0 Å². The molecule has 0 saturated heterocycles. The van der Waals surface area contributed by atoms with Gasteiger partial charge in [-0.25, -0.2) is 0 Å². The largest absolute Gasteiger partial charge is 0.508 e. The number of primary amides is 1. The van der Waals surface area contributed by atoms with Crippen LogP contribution in [0.15, 0.2) is 23.0 Å². The molecule has 5 rings (SSSR count). The maximum atomic E-state index is 14.0. The van der Waals surface area contributed by atoms with Gasteiger partial charge in [-0.2, -0.15) is 0 Å². The molecule has 228 valence electrons.